The molecule has 16 heteroatoms. The zero-order valence-corrected chi connectivity index (χ0v) is 25.2. The van der Waals surface area contributed by atoms with E-state index < -0.39 is 45.1 Å². The topological polar surface area (TPSA) is 124 Å². The van der Waals surface area contributed by atoms with Gasteiger partial charge in [-0.3, -0.25) is 9.48 Å². The molecule has 0 radical (unpaired) electrons. The largest absolute Gasteiger partial charge is 0.476 e. The molecule has 1 atom stereocenters. The van der Waals surface area contributed by atoms with E-state index in [4.69, 9.17) is 9.72 Å². The number of aromatic nitrogens is 5. The number of anilines is 1. The SMILES string of the molecule is Cn1cc2c(n1)[C@@]1(C)CN(c3nc(-n4ccc(OCC(C)(C)C(F)(F)F)n4)ccc3C(=O)NS2(=O)=O)C(C)(C)C1.S. The summed E-state index contributed by atoms with van der Waals surface area (Å²) in [6.45, 7) is 7.66. The van der Waals surface area contributed by atoms with Gasteiger partial charge in [0.05, 0.1) is 16.7 Å². The average Bonchev–Trinajstić information content (AvgIpc) is 3.52. The molecule has 0 aromatic carbocycles. The number of ether oxygens (including phenoxy) is 1. The fraction of sp³-hybridized carbons (Fsp3) is 0.520. The van der Waals surface area contributed by atoms with E-state index in [1.54, 1.807) is 7.05 Å². The van der Waals surface area contributed by atoms with E-state index in [0.717, 1.165) is 13.8 Å². The zero-order valence-electron chi connectivity index (χ0n) is 23.4. The minimum absolute atomic E-state index is 0. The third-order valence-corrected chi connectivity index (χ3v) is 8.78. The van der Waals surface area contributed by atoms with E-state index in [0.29, 0.717) is 18.7 Å². The normalized spacial score (nSPS) is 21.4. The number of hydrogen-bond acceptors (Lipinski definition) is 8. The molecule has 0 spiro atoms. The van der Waals surface area contributed by atoms with Crippen molar-refractivity contribution in [1.82, 2.24) is 29.3 Å². The molecule has 5 heterocycles. The summed E-state index contributed by atoms with van der Waals surface area (Å²) in [5.74, 6) is -0.373. The Labute approximate surface area is 242 Å². The fourth-order valence-electron chi connectivity index (χ4n) is 5.30. The Morgan fingerprint density at radius 1 is 1.12 bits per heavy atom. The molecule has 1 fully saturated rings. The summed E-state index contributed by atoms with van der Waals surface area (Å²) in [6, 6.07) is 4.35. The van der Waals surface area contributed by atoms with Crippen LogP contribution < -0.4 is 14.4 Å². The summed E-state index contributed by atoms with van der Waals surface area (Å²) < 4.78 is 76.4. The summed E-state index contributed by atoms with van der Waals surface area (Å²) in [4.78, 5) is 19.9. The molecular weight excluding hydrogens is 583 g/mol. The molecule has 224 valence electrons. The van der Waals surface area contributed by atoms with E-state index in [1.807, 2.05) is 25.7 Å². The lowest BCUT2D eigenvalue weighted by atomic mass is 9.81. The van der Waals surface area contributed by atoms with Crippen LogP contribution in [-0.4, -0.2) is 63.7 Å². The van der Waals surface area contributed by atoms with Crippen molar-refractivity contribution in [3.8, 4) is 11.7 Å². The van der Waals surface area contributed by atoms with Gasteiger partial charge < -0.3 is 9.64 Å². The van der Waals surface area contributed by atoms with Gasteiger partial charge in [0.1, 0.15) is 17.3 Å². The van der Waals surface area contributed by atoms with Crippen LogP contribution >= 0.6 is 13.5 Å². The molecule has 0 saturated carbocycles. The lowest BCUT2D eigenvalue weighted by Gasteiger charge is -2.34. The maximum absolute atomic E-state index is 13.3. The van der Waals surface area contributed by atoms with Crippen LogP contribution in [0.4, 0.5) is 19.0 Å². The second-order valence-corrected chi connectivity index (χ2v) is 13.5. The van der Waals surface area contributed by atoms with Crippen LogP contribution in [0.5, 0.6) is 5.88 Å². The first kappa shape index (κ1) is 30.7. The van der Waals surface area contributed by atoms with Crippen molar-refractivity contribution in [2.45, 2.75) is 63.1 Å². The first-order chi connectivity index (χ1) is 18.3. The number of fused-ring (bicyclic) bond motifs is 6. The van der Waals surface area contributed by atoms with Crippen molar-refractivity contribution in [3.63, 3.8) is 0 Å². The van der Waals surface area contributed by atoms with Crippen LogP contribution in [0.1, 0.15) is 57.1 Å². The smallest absolute Gasteiger partial charge is 0.397 e. The number of amides is 1. The molecule has 1 amide bonds. The van der Waals surface area contributed by atoms with Crippen LogP contribution in [-0.2, 0) is 22.5 Å². The molecule has 3 aromatic heterocycles. The Hall–Kier alpha value is -3.27. The van der Waals surface area contributed by atoms with E-state index in [-0.39, 0.29) is 41.5 Å². The van der Waals surface area contributed by atoms with Gasteiger partial charge in [-0.2, -0.15) is 31.8 Å². The number of alkyl halides is 3. The number of hydrogen-bond donors (Lipinski definition) is 1. The molecule has 2 aliphatic heterocycles. The number of sulfonamides is 1. The van der Waals surface area contributed by atoms with Gasteiger partial charge in [0.15, 0.2) is 5.82 Å². The van der Waals surface area contributed by atoms with Crippen molar-refractivity contribution in [3.05, 3.63) is 41.9 Å². The highest BCUT2D eigenvalue weighted by Crippen LogP contribution is 2.47. The lowest BCUT2D eigenvalue weighted by molar-refractivity contribution is -0.219. The second kappa shape index (κ2) is 9.64. The van der Waals surface area contributed by atoms with Crippen molar-refractivity contribution >= 4 is 35.2 Å². The molecule has 3 aromatic rings. The highest BCUT2D eigenvalue weighted by atomic mass is 32.2. The Morgan fingerprint density at radius 2 is 1.80 bits per heavy atom. The Kier molecular flexibility index (Phi) is 7.22. The summed E-state index contributed by atoms with van der Waals surface area (Å²) >= 11 is 0. The van der Waals surface area contributed by atoms with Gasteiger partial charge >= 0.3 is 6.18 Å². The number of rotatable bonds is 4. The molecule has 2 bridgehead atoms. The average molecular weight is 616 g/mol. The monoisotopic (exact) mass is 615 g/mol. The molecule has 5 rings (SSSR count). The maximum atomic E-state index is 13.3. The summed E-state index contributed by atoms with van der Waals surface area (Å²) in [5.41, 5.74) is -2.92. The quantitative estimate of drug-likeness (QED) is 0.474. The predicted molar refractivity (Wildman–Crippen MR) is 148 cm³/mol. The zero-order chi connectivity index (χ0) is 29.5. The Bertz CT molecular complexity index is 1610. The van der Waals surface area contributed by atoms with Crippen molar-refractivity contribution in [2.24, 2.45) is 12.5 Å². The van der Waals surface area contributed by atoms with E-state index in [1.165, 1.54) is 40.0 Å². The molecular formula is C25H32F3N7O4S2. The molecule has 0 unspecified atom stereocenters. The van der Waals surface area contributed by atoms with Gasteiger partial charge in [0.25, 0.3) is 15.9 Å². The molecule has 2 aliphatic rings. The van der Waals surface area contributed by atoms with E-state index in [2.05, 4.69) is 14.9 Å². The summed E-state index contributed by atoms with van der Waals surface area (Å²) in [6.07, 6.45) is -1.06. The number of nitrogens with zero attached hydrogens (tertiary/aromatic N) is 6. The third-order valence-electron chi connectivity index (χ3n) is 7.45. The molecule has 1 saturated heterocycles. The van der Waals surface area contributed by atoms with Gasteiger partial charge in [-0.05, 0) is 46.2 Å². The van der Waals surface area contributed by atoms with Crippen LogP contribution in [0.15, 0.2) is 35.5 Å². The van der Waals surface area contributed by atoms with Crippen LogP contribution in [0.2, 0.25) is 0 Å². The first-order valence-electron chi connectivity index (χ1n) is 12.5. The van der Waals surface area contributed by atoms with Gasteiger partial charge in [-0.1, -0.05) is 6.92 Å². The van der Waals surface area contributed by atoms with Crippen molar-refractivity contribution < 1.29 is 31.1 Å². The van der Waals surface area contributed by atoms with Gasteiger partial charge in [-0.25, -0.2) is 22.8 Å². The molecule has 41 heavy (non-hydrogen) atoms. The standard InChI is InChI=1S/C25H30F3N7O4S.H2S/c1-22(2,25(26,27)28)14-39-18-9-10-35(30-18)17-8-7-15-20(29-17)34-13-24(5,12-23(34,3)4)19-16(11-33(6)31-19)40(37,38)32-21(15)36;/h7-11H,12-14H2,1-6H3,(H,32,36);1H2/t24-;/m1./s1. The van der Waals surface area contributed by atoms with Gasteiger partial charge in [0.2, 0.25) is 5.88 Å². The summed E-state index contributed by atoms with van der Waals surface area (Å²) in [5, 5.41) is 8.69. The number of carbonyl (C=O) groups excluding carboxylic acids is 1. The highest BCUT2D eigenvalue weighted by Gasteiger charge is 2.52. The van der Waals surface area contributed by atoms with Crippen LogP contribution in [0.25, 0.3) is 5.82 Å². The number of pyridine rings is 1. The van der Waals surface area contributed by atoms with E-state index in [9.17, 15) is 26.4 Å². The van der Waals surface area contributed by atoms with Crippen molar-refractivity contribution in [1.29, 1.82) is 0 Å². The Balaban J connectivity index is 0.00000387. The number of nitrogens with one attached hydrogen (secondary N) is 1. The molecule has 11 nitrogen and oxygen atoms in total. The minimum atomic E-state index is -4.45. The number of carbonyl (C=O) groups is 1. The predicted octanol–water partition coefficient (Wildman–Crippen LogP) is 3.46. The maximum Gasteiger partial charge on any atom is 0.397 e. The summed E-state index contributed by atoms with van der Waals surface area (Å²) in [7, 11) is -2.62. The van der Waals surface area contributed by atoms with Gasteiger partial charge in [-0.15, -0.1) is 5.10 Å². The highest BCUT2D eigenvalue weighted by molar-refractivity contribution is 7.90. The van der Waals surface area contributed by atoms with Gasteiger partial charge in [0, 0.05) is 43.0 Å². The van der Waals surface area contributed by atoms with Crippen molar-refractivity contribution in [2.75, 3.05) is 18.1 Å². The number of aryl methyl sites for hydroxylation is 1. The molecule has 0 aliphatic carbocycles. The molecule has 1 N–H and O–H groups in total. The number of halogens is 3. The van der Waals surface area contributed by atoms with E-state index >= 15 is 0 Å². The van der Waals surface area contributed by atoms with Crippen LogP contribution in [0, 0.1) is 5.41 Å². The minimum Gasteiger partial charge on any atom is -0.476 e. The third kappa shape index (κ3) is 5.27. The lowest BCUT2D eigenvalue weighted by Crippen LogP contribution is -2.42. The Morgan fingerprint density at radius 3 is 2.46 bits per heavy atom. The fourth-order valence-corrected chi connectivity index (χ4v) is 6.60. The van der Waals surface area contributed by atoms with Crippen LogP contribution in [0.3, 0.4) is 0 Å². The second-order valence-electron chi connectivity index (χ2n) is 11.9. The first-order valence-corrected chi connectivity index (χ1v) is 14.0.